The number of benzene rings is 1. The monoisotopic (exact) mass is 456 g/mol. The van der Waals surface area contributed by atoms with Gasteiger partial charge in [-0.3, -0.25) is 18.6 Å². The van der Waals surface area contributed by atoms with Crippen molar-refractivity contribution in [3.63, 3.8) is 0 Å². The topological polar surface area (TPSA) is 79.8 Å². The third-order valence-corrected chi connectivity index (χ3v) is 6.67. The molecule has 1 aliphatic rings. The van der Waals surface area contributed by atoms with Crippen LogP contribution in [-0.4, -0.2) is 37.6 Å². The first-order valence-corrected chi connectivity index (χ1v) is 11.7. The fraction of sp³-hybridized carbons (Fsp3) is 0.458. The van der Waals surface area contributed by atoms with Crippen molar-refractivity contribution >= 4 is 29.2 Å². The van der Waals surface area contributed by atoms with E-state index in [-0.39, 0.29) is 11.6 Å². The number of imidazole rings is 1. The largest absolute Gasteiger partial charge is 0.481 e. The number of hydrogen-bond donors (Lipinski definition) is 1. The number of carboxylic acids is 1. The van der Waals surface area contributed by atoms with Crippen LogP contribution >= 0.6 is 11.6 Å². The summed E-state index contributed by atoms with van der Waals surface area (Å²) in [5.74, 6) is 0.0982. The molecular weight excluding hydrogens is 428 g/mol. The van der Waals surface area contributed by atoms with Crippen molar-refractivity contribution in [2.24, 2.45) is 5.92 Å². The molecule has 3 aromatic rings. The van der Waals surface area contributed by atoms with E-state index in [9.17, 15) is 14.7 Å². The second kappa shape index (κ2) is 9.36. The Kier molecular flexibility index (Phi) is 6.55. The predicted molar refractivity (Wildman–Crippen MR) is 127 cm³/mol. The maximum atomic E-state index is 13.1. The minimum atomic E-state index is -0.783. The molecule has 0 aliphatic carbocycles. The van der Waals surface area contributed by atoms with Gasteiger partial charge in [-0.2, -0.15) is 0 Å². The zero-order valence-corrected chi connectivity index (χ0v) is 19.3. The molecule has 1 fully saturated rings. The van der Waals surface area contributed by atoms with Crippen LogP contribution in [0, 0.1) is 5.92 Å². The fourth-order valence-corrected chi connectivity index (χ4v) is 4.74. The van der Waals surface area contributed by atoms with E-state index < -0.39 is 11.9 Å². The van der Waals surface area contributed by atoms with Gasteiger partial charge >= 0.3 is 5.97 Å². The van der Waals surface area contributed by atoms with E-state index in [0.717, 1.165) is 43.6 Å². The van der Waals surface area contributed by atoms with E-state index in [1.165, 1.54) is 0 Å². The zero-order chi connectivity index (χ0) is 22.8. The zero-order valence-electron chi connectivity index (χ0n) is 18.5. The Labute approximate surface area is 192 Å². The molecule has 1 aliphatic heterocycles. The van der Waals surface area contributed by atoms with Gasteiger partial charge in [-0.15, -0.1) is 0 Å². The van der Waals surface area contributed by atoms with Crippen LogP contribution in [0.25, 0.3) is 17.0 Å². The van der Waals surface area contributed by atoms with Crippen molar-refractivity contribution in [2.45, 2.75) is 58.5 Å². The normalized spacial score (nSPS) is 18.9. The van der Waals surface area contributed by atoms with Crippen molar-refractivity contribution in [1.29, 1.82) is 0 Å². The number of unbranched alkanes of at least 4 members (excludes halogenated alkanes) is 2. The van der Waals surface area contributed by atoms with Gasteiger partial charge in [0, 0.05) is 42.0 Å². The Balaban J connectivity index is 1.84. The minimum Gasteiger partial charge on any atom is -0.481 e. The molecule has 3 heterocycles. The van der Waals surface area contributed by atoms with Gasteiger partial charge in [-0.1, -0.05) is 43.5 Å². The Morgan fingerprint density at radius 3 is 2.69 bits per heavy atom. The number of rotatable bonds is 7. The number of aliphatic carboxylic acids is 1. The number of hydrogen-bond acceptors (Lipinski definition) is 4. The molecule has 0 radical (unpaired) electrons. The van der Waals surface area contributed by atoms with E-state index in [0.29, 0.717) is 29.5 Å². The summed E-state index contributed by atoms with van der Waals surface area (Å²) in [6.07, 6.45) is 6.29. The SMILES string of the molecule is CCCCCn1c(N2CCCC(C(=O)O)C2C)cc(=O)n2cc(-c3ccc(Cl)cc3)nc12. The van der Waals surface area contributed by atoms with Gasteiger partial charge in [0.05, 0.1) is 11.6 Å². The molecule has 1 saturated heterocycles. The van der Waals surface area contributed by atoms with Gasteiger partial charge in [0.2, 0.25) is 5.78 Å². The van der Waals surface area contributed by atoms with Crippen molar-refractivity contribution in [1.82, 2.24) is 14.0 Å². The third kappa shape index (κ3) is 4.26. The average Bonchev–Trinajstić information content (AvgIpc) is 3.22. The highest BCUT2D eigenvalue weighted by atomic mass is 35.5. The molecule has 8 heteroatoms. The summed E-state index contributed by atoms with van der Waals surface area (Å²) in [5.41, 5.74) is 1.42. The number of nitrogens with zero attached hydrogens (tertiary/aromatic N) is 4. The number of piperidine rings is 1. The molecule has 0 spiro atoms. The van der Waals surface area contributed by atoms with E-state index in [2.05, 4.69) is 16.4 Å². The molecular formula is C24H29ClN4O3. The van der Waals surface area contributed by atoms with Crippen LogP contribution in [0.1, 0.15) is 46.0 Å². The minimum absolute atomic E-state index is 0.167. The Bertz CT molecular complexity index is 1170. The van der Waals surface area contributed by atoms with Crippen LogP contribution in [0.15, 0.2) is 41.3 Å². The van der Waals surface area contributed by atoms with Crippen LogP contribution in [0.4, 0.5) is 5.82 Å². The van der Waals surface area contributed by atoms with Crippen molar-refractivity contribution < 1.29 is 9.90 Å². The molecule has 2 unspecified atom stereocenters. The lowest BCUT2D eigenvalue weighted by molar-refractivity contribution is -0.143. The molecule has 2 atom stereocenters. The first-order chi connectivity index (χ1) is 15.4. The summed E-state index contributed by atoms with van der Waals surface area (Å²) >= 11 is 6.03. The maximum absolute atomic E-state index is 13.1. The fourth-order valence-electron chi connectivity index (χ4n) is 4.61. The molecule has 32 heavy (non-hydrogen) atoms. The maximum Gasteiger partial charge on any atom is 0.308 e. The van der Waals surface area contributed by atoms with Crippen LogP contribution in [-0.2, 0) is 11.3 Å². The van der Waals surface area contributed by atoms with Gasteiger partial charge in [0.1, 0.15) is 5.82 Å². The Hall–Kier alpha value is -2.80. The van der Waals surface area contributed by atoms with Crippen LogP contribution < -0.4 is 10.5 Å². The molecule has 7 nitrogen and oxygen atoms in total. The smallest absolute Gasteiger partial charge is 0.308 e. The van der Waals surface area contributed by atoms with Gasteiger partial charge in [0.25, 0.3) is 5.56 Å². The summed E-state index contributed by atoms with van der Waals surface area (Å²) in [4.78, 5) is 31.8. The Morgan fingerprint density at radius 1 is 1.25 bits per heavy atom. The number of carboxylic acid groups (broad SMARTS) is 1. The molecule has 0 saturated carbocycles. The third-order valence-electron chi connectivity index (χ3n) is 6.42. The number of carbonyl (C=O) groups is 1. The highest BCUT2D eigenvalue weighted by Crippen LogP contribution is 2.30. The summed E-state index contributed by atoms with van der Waals surface area (Å²) in [6, 6.07) is 8.82. The quantitative estimate of drug-likeness (QED) is 0.521. The van der Waals surface area contributed by atoms with Gasteiger partial charge in [0.15, 0.2) is 0 Å². The highest BCUT2D eigenvalue weighted by Gasteiger charge is 2.34. The molecule has 1 aromatic carbocycles. The first-order valence-electron chi connectivity index (χ1n) is 11.3. The number of fused-ring (bicyclic) bond motifs is 1. The highest BCUT2D eigenvalue weighted by molar-refractivity contribution is 6.30. The van der Waals surface area contributed by atoms with Gasteiger partial charge in [-0.25, -0.2) is 4.98 Å². The van der Waals surface area contributed by atoms with Crippen LogP contribution in [0.5, 0.6) is 0 Å². The predicted octanol–water partition coefficient (Wildman–Crippen LogP) is 4.70. The number of halogens is 1. The lowest BCUT2D eigenvalue weighted by atomic mass is 9.90. The van der Waals surface area contributed by atoms with Crippen molar-refractivity contribution in [2.75, 3.05) is 11.4 Å². The summed E-state index contributed by atoms with van der Waals surface area (Å²) < 4.78 is 3.67. The van der Waals surface area contributed by atoms with Crippen molar-refractivity contribution in [3.8, 4) is 11.3 Å². The lowest BCUT2D eigenvalue weighted by Gasteiger charge is -2.40. The van der Waals surface area contributed by atoms with Crippen LogP contribution in [0.3, 0.4) is 0 Å². The lowest BCUT2D eigenvalue weighted by Crippen LogP contribution is -2.48. The second-order valence-electron chi connectivity index (χ2n) is 8.52. The molecule has 0 amide bonds. The summed E-state index contributed by atoms with van der Waals surface area (Å²) in [5, 5.41) is 10.3. The number of anilines is 1. The molecule has 2 aromatic heterocycles. The first kappa shape index (κ1) is 22.4. The van der Waals surface area contributed by atoms with Gasteiger partial charge < -0.3 is 10.0 Å². The second-order valence-corrected chi connectivity index (χ2v) is 8.96. The van der Waals surface area contributed by atoms with Crippen molar-refractivity contribution in [3.05, 3.63) is 51.9 Å². The summed E-state index contributed by atoms with van der Waals surface area (Å²) in [7, 11) is 0. The number of aryl methyl sites for hydroxylation is 1. The molecule has 170 valence electrons. The van der Waals surface area contributed by atoms with Gasteiger partial charge in [-0.05, 0) is 38.3 Å². The van der Waals surface area contributed by atoms with E-state index in [1.54, 1.807) is 28.8 Å². The van der Waals surface area contributed by atoms with E-state index >= 15 is 0 Å². The summed E-state index contributed by atoms with van der Waals surface area (Å²) in [6.45, 7) is 5.53. The van der Waals surface area contributed by atoms with E-state index in [4.69, 9.17) is 16.6 Å². The molecule has 1 N–H and O–H groups in total. The molecule has 0 bridgehead atoms. The molecule has 4 rings (SSSR count). The van der Waals surface area contributed by atoms with E-state index in [1.807, 2.05) is 19.1 Å². The number of aromatic nitrogens is 3. The Morgan fingerprint density at radius 2 is 2.00 bits per heavy atom. The standard InChI is InChI=1S/C24H29ClN4O3/c1-3-4-5-12-28-21(27-13-6-7-19(16(27)2)23(31)32)14-22(30)29-15-20(26-24(28)29)17-8-10-18(25)11-9-17/h8-11,14-16,19H,3-7,12-13H2,1-2H3,(H,31,32). The average molecular weight is 457 g/mol. The van der Waals surface area contributed by atoms with Crippen LogP contribution in [0.2, 0.25) is 5.02 Å².